The molecule has 144 valence electrons. The number of hydrogen-bond donors (Lipinski definition) is 0. The Kier molecular flexibility index (Phi) is 6.56. The lowest BCUT2D eigenvalue weighted by atomic mass is 10.0. The Hall–Kier alpha value is -1.84. The van der Waals surface area contributed by atoms with E-state index in [4.69, 9.17) is 23.2 Å². The minimum atomic E-state index is -0.405. The first-order chi connectivity index (χ1) is 14.2. The molecule has 0 N–H and O–H groups in total. The molecule has 0 nitrogen and oxygen atoms in total. The monoisotopic (exact) mass is 452 g/mol. The summed E-state index contributed by atoms with van der Waals surface area (Å²) >= 11 is 16.1. The van der Waals surface area contributed by atoms with Crippen LogP contribution in [0.1, 0.15) is 11.1 Å². The summed E-state index contributed by atoms with van der Waals surface area (Å²) in [5, 5.41) is 1.46. The highest BCUT2D eigenvalue weighted by Crippen LogP contribution is 2.57. The van der Waals surface area contributed by atoms with Crippen LogP contribution in [0.3, 0.4) is 0 Å². The maximum Gasteiger partial charge on any atom is 0.120 e. The smallest absolute Gasteiger partial charge is 0.0982 e. The summed E-state index contributed by atoms with van der Waals surface area (Å²) in [5.41, 5.74) is 2.35. The minimum absolute atomic E-state index is 0.405. The summed E-state index contributed by atoms with van der Waals surface area (Å²) in [6.45, 7) is 0. The lowest BCUT2D eigenvalue weighted by molar-refractivity contribution is 1.06. The van der Waals surface area contributed by atoms with Gasteiger partial charge in [-0.2, -0.15) is 0 Å². The number of thioether (sulfide) groups is 2. The van der Waals surface area contributed by atoms with Crippen LogP contribution in [-0.2, 0) is 4.08 Å². The van der Waals surface area contributed by atoms with E-state index in [-0.39, 0.29) is 0 Å². The zero-order valence-electron chi connectivity index (χ0n) is 15.5. The van der Waals surface area contributed by atoms with Gasteiger partial charge in [0.15, 0.2) is 0 Å². The topological polar surface area (TPSA) is 0 Å². The molecule has 0 saturated heterocycles. The first kappa shape index (κ1) is 20.4. The van der Waals surface area contributed by atoms with E-state index in [2.05, 4.69) is 72.8 Å². The first-order valence-electron chi connectivity index (χ1n) is 9.16. The van der Waals surface area contributed by atoms with Crippen molar-refractivity contribution in [2.24, 2.45) is 0 Å². The van der Waals surface area contributed by atoms with Crippen LogP contribution in [0.5, 0.6) is 0 Å². The van der Waals surface area contributed by atoms with Gasteiger partial charge in [0.2, 0.25) is 0 Å². The molecule has 4 heteroatoms. The molecule has 0 fully saturated rings. The molecular formula is C25H18Cl2S2. The molecule has 0 aliphatic heterocycles. The average Bonchev–Trinajstić information content (AvgIpc) is 2.76. The Morgan fingerprint density at radius 1 is 0.448 bits per heavy atom. The fourth-order valence-electron chi connectivity index (χ4n) is 3.07. The van der Waals surface area contributed by atoms with Crippen LogP contribution in [0.2, 0.25) is 10.0 Å². The second-order valence-corrected chi connectivity index (χ2v) is 10.2. The maximum absolute atomic E-state index is 6.22. The van der Waals surface area contributed by atoms with Crippen LogP contribution < -0.4 is 0 Å². The summed E-state index contributed by atoms with van der Waals surface area (Å²) in [6.07, 6.45) is 0. The molecule has 0 atom stereocenters. The normalized spacial score (nSPS) is 11.4. The van der Waals surface area contributed by atoms with Gasteiger partial charge in [-0.15, -0.1) is 0 Å². The van der Waals surface area contributed by atoms with E-state index >= 15 is 0 Å². The largest absolute Gasteiger partial charge is 0.120 e. The highest BCUT2D eigenvalue weighted by molar-refractivity contribution is 8.17. The molecule has 0 saturated carbocycles. The van der Waals surface area contributed by atoms with E-state index in [1.54, 1.807) is 0 Å². The molecule has 29 heavy (non-hydrogen) atoms. The van der Waals surface area contributed by atoms with Gasteiger partial charge in [0.05, 0.1) is 0 Å². The quantitative estimate of drug-likeness (QED) is 0.211. The highest BCUT2D eigenvalue weighted by Gasteiger charge is 2.37. The van der Waals surface area contributed by atoms with Crippen LogP contribution in [0, 0.1) is 0 Å². The van der Waals surface area contributed by atoms with Crippen molar-refractivity contribution in [3.63, 3.8) is 0 Å². The van der Waals surface area contributed by atoms with Crippen molar-refractivity contribution >= 4 is 46.7 Å². The van der Waals surface area contributed by atoms with E-state index in [1.165, 1.54) is 20.9 Å². The predicted molar refractivity (Wildman–Crippen MR) is 128 cm³/mol. The Bertz CT molecular complexity index is 958. The first-order valence-corrected chi connectivity index (χ1v) is 11.5. The Labute approximate surface area is 190 Å². The number of rotatable bonds is 6. The van der Waals surface area contributed by atoms with Gasteiger partial charge in [-0.05, 0) is 59.7 Å². The lowest BCUT2D eigenvalue weighted by Crippen LogP contribution is -2.19. The van der Waals surface area contributed by atoms with Gasteiger partial charge in [-0.1, -0.05) is 107 Å². The zero-order chi connectivity index (χ0) is 20.1. The Balaban J connectivity index is 1.92. The number of benzene rings is 4. The number of hydrogen-bond acceptors (Lipinski definition) is 2. The van der Waals surface area contributed by atoms with Crippen molar-refractivity contribution in [1.29, 1.82) is 0 Å². The SMILES string of the molecule is Clc1ccc(C(Sc2ccccc2)(Sc2ccccc2)c2ccc(Cl)cc2)cc1. The minimum Gasteiger partial charge on any atom is -0.0982 e. The molecule has 4 aromatic carbocycles. The predicted octanol–water partition coefficient (Wildman–Crippen LogP) is 8.78. The van der Waals surface area contributed by atoms with E-state index in [0.29, 0.717) is 0 Å². The van der Waals surface area contributed by atoms with Gasteiger partial charge in [-0.3, -0.25) is 0 Å². The van der Waals surface area contributed by atoms with Gasteiger partial charge in [0, 0.05) is 19.8 Å². The summed E-state index contributed by atoms with van der Waals surface area (Å²) in [7, 11) is 0. The van der Waals surface area contributed by atoms with Crippen molar-refractivity contribution in [1.82, 2.24) is 0 Å². The Morgan fingerprint density at radius 3 is 1.14 bits per heavy atom. The van der Waals surface area contributed by atoms with Crippen molar-refractivity contribution in [3.05, 3.63) is 130 Å². The molecule has 0 amide bonds. The van der Waals surface area contributed by atoms with E-state index in [9.17, 15) is 0 Å². The molecule has 0 unspecified atom stereocenters. The zero-order valence-corrected chi connectivity index (χ0v) is 18.6. The molecular weight excluding hydrogens is 435 g/mol. The van der Waals surface area contributed by atoms with Gasteiger partial charge >= 0.3 is 0 Å². The fraction of sp³-hybridized carbons (Fsp3) is 0.0400. The Morgan fingerprint density at radius 2 is 0.793 bits per heavy atom. The van der Waals surface area contributed by atoms with Crippen molar-refractivity contribution < 1.29 is 0 Å². The second-order valence-electron chi connectivity index (χ2n) is 6.46. The van der Waals surface area contributed by atoms with Crippen molar-refractivity contribution in [3.8, 4) is 0 Å². The maximum atomic E-state index is 6.22. The molecule has 0 radical (unpaired) electrons. The number of halogens is 2. The summed E-state index contributed by atoms with van der Waals surface area (Å²) < 4.78 is -0.405. The van der Waals surface area contributed by atoms with Gasteiger partial charge in [-0.25, -0.2) is 0 Å². The van der Waals surface area contributed by atoms with Crippen molar-refractivity contribution in [2.45, 2.75) is 13.9 Å². The molecule has 0 spiro atoms. The second kappa shape index (κ2) is 9.32. The van der Waals surface area contributed by atoms with Crippen LogP contribution in [0.4, 0.5) is 0 Å². The highest BCUT2D eigenvalue weighted by atomic mass is 35.5. The van der Waals surface area contributed by atoms with E-state index in [0.717, 1.165) is 10.0 Å². The summed E-state index contributed by atoms with van der Waals surface area (Å²) in [5.74, 6) is 0. The summed E-state index contributed by atoms with van der Waals surface area (Å²) in [4.78, 5) is 2.39. The fourth-order valence-corrected chi connectivity index (χ4v) is 6.33. The third kappa shape index (κ3) is 4.84. The van der Waals surface area contributed by atoms with Gasteiger partial charge in [0.1, 0.15) is 4.08 Å². The third-order valence-corrected chi connectivity index (χ3v) is 8.00. The van der Waals surface area contributed by atoms with Gasteiger partial charge in [0.25, 0.3) is 0 Å². The average molecular weight is 453 g/mol. The van der Waals surface area contributed by atoms with Crippen LogP contribution in [0.25, 0.3) is 0 Å². The summed E-state index contributed by atoms with van der Waals surface area (Å²) in [6, 6.07) is 37.3. The van der Waals surface area contributed by atoms with Crippen LogP contribution >= 0.6 is 46.7 Å². The molecule has 0 aliphatic carbocycles. The van der Waals surface area contributed by atoms with E-state index < -0.39 is 4.08 Å². The molecule has 0 aromatic heterocycles. The van der Waals surface area contributed by atoms with Crippen molar-refractivity contribution in [2.75, 3.05) is 0 Å². The molecule has 4 rings (SSSR count). The molecule has 0 heterocycles. The molecule has 0 bridgehead atoms. The molecule has 4 aromatic rings. The third-order valence-electron chi connectivity index (χ3n) is 4.46. The van der Waals surface area contributed by atoms with Gasteiger partial charge < -0.3 is 0 Å². The lowest BCUT2D eigenvalue weighted by Gasteiger charge is -2.34. The van der Waals surface area contributed by atoms with Crippen LogP contribution in [0.15, 0.2) is 119 Å². The molecule has 0 aliphatic rings. The van der Waals surface area contributed by atoms with E-state index in [1.807, 2.05) is 59.9 Å². The standard InChI is InChI=1S/C25H18Cl2S2/c26-21-15-11-19(12-16-21)25(20-13-17-22(27)18-14-20,28-23-7-3-1-4-8-23)29-24-9-5-2-6-10-24/h1-18H. The van der Waals surface area contributed by atoms with Crippen LogP contribution in [-0.4, -0.2) is 0 Å².